The van der Waals surface area contributed by atoms with E-state index in [4.69, 9.17) is 14.6 Å². The minimum Gasteiger partial charge on any atom is -0.497 e. The third kappa shape index (κ3) is 5.56. The number of nitrogens with zero attached hydrogens (tertiary/aromatic N) is 5. The van der Waals surface area contributed by atoms with Crippen LogP contribution in [0.15, 0.2) is 49.1 Å². The van der Waals surface area contributed by atoms with Crippen LogP contribution in [0, 0.1) is 0 Å². The van der Waals surface area contributed by atoms with E-state index in [1.54, 1.807) is 13.4 Å². The molecule has 180 valence electrons. The molecule has 0 aliphatic carbocycles. The lowest BCUT2D eigenvalue weighted by molar-refractivity contribution is 0.0899. The molecule has 4 rings (SSSR count). The highest BCUT2D eigenvalue weighted by molar-refractivity contribution is 6.76. The first-order valence-electron chi connectivity index (χ1n) is 11.9. The van der Waals surface area contributed by atoms with Crippen LogP contribution in [0.4, 0.5) is 0 Å². The van der Waals surface area contributed by atoms with E-state index in [-0.39, 0.29) is 0 Å². The summed E-state index contributed by atoms with van der Waals surface area (Å²) in [6, 6.07) is 11.4. The summed E-state index contributed by atoms with van der Waals surface area (Å²) in [6.45, 7) is 11.3. The number of hydrogen-bond donors (Lipinski definition) is 0. The van der Waals surface area contributed by atoms with E-state index in [9.17, 15) is 0 Å². The molecule has 8 heteroatoms. The molecule has 0 unspecified atom stereocenters. The first-order chi connectivity index (χ1) is 16.4. The van der Waals surface area contributed by atoms with E-state index in [0.29, 0.717) is 13.3 Å². The molecule has 0 aliphatic rings. The molecule has 4 aromatic rings. The lowest BCUT2D eigenvalue weighted by atomic mass is 10.1. The van der Waals surface area contributed by atoms with E-state index in [2.05, 4.69) is 64.0 Å². The van der Waals surface area contributed by atoms with Crippen molar-refractivity contribution in [3.63, 3.8) is 0 Å². The summed E-state index contributed by atoms with van der Waals surface area (Å²) in [5, 5.41) is 5.77. The SMILES string of the molecule is CCCc1c(-c2ncnc3c2ccn3COCC[Si](C)(C)C)cnn1Cc1ccc(OC)cc1. The molecule has 0 atom stereocenters. The zero-order valence-corrected chi connectivity index (χ0v) is 21.9. The number of ether oxygens (including phenoxy) is 2. The van der Waals surface area contributed by atoms with Crippen LogP contribution >= 0.6 is 0 Å². The highest BCUT2D eigenvalue weighted by atomic mass is 28.3. The van der Waals surface area contributed by atoms with Gasteiger partial charge in [0.25, 0.3) is 0 Å². The standard InChI is InChI=1S/C26H35N5O2Si/c1-6-7-24-23(16-29-31(24)17-20-8-10-21(32-2)11-9-20)25-22-12-13-30(26(22)28-18-27-25)19-33-14-15-34(3,4)5/h8-13,16,18H,6-7,14-15,17,19H2,1-5H3. The molecule has 0 aliphatic heterocycles. The van der Waals surface area contributed by atoms with Crippen LogP contribution in [0.25, 0.3) is 22.3 Å². The summed E-state index contributed by atoms with van der Waals surface area (Å²) >= 11 is 0. The van der Waals surface area contributed by atoms with E-state index in [1.807, 2.05) is 24.5 Å². The van der Waals surface area contributed by atoms with E-state index in [0.717, 1.165) is 53.5 Å². The van der Waals surface area contributed by atoms with Gasteiger partial charge in [0.05, 0.1) is 25.5 Å². The zero-order valence-electron chi connectivity index (χ0n) is 20.9. The van der Waals surface area contributed by atoms with Gasteiger partial charge in [0.15, 0.2) is 0 Å². The molecule has 0 fully saturated rings. The molecule has 0 saturated heterocycles. The monoisotopic (exact) mass is 477 g/mol. The van der Waals surface area contributed by atoms with Crippen molar-refractivity contribution in [2.45, 2.75) is 58.7 Å². The Morgan fingerprint density at radius 1 is 1.03 bits per heavy atom. The smallest absolute Gasteiger partial charge is 0.145 e. The van der Waals surface area contributed by atoms with Crippen LogP contribution in [0.2, 0.25) is 25.7 Å². The Morgan fingerprint density at radius 2 is 1.82 bits per heavy atom. The second-order valence-electron chi connectivity index (χ2n) is 9.85. The van der Waals surface area contributed by atoms with Gasteiger partial charge < -0.3 is 14.0 Å². The van der Waals surface area contributed by atoms with Crippen molar-refractivity contribution < 1.29 is 9.47 Å². The molecule has 3 aromatic heterocycles. The minimum atomic E-state index is -1.11. The minimum absolute atomic E-state index is 0.503. The maximum absolute atomic E-state index is 5.97. The summed E-state index contributed by atoms with van der Waals surface area (Å²) in [6.07, 6.45) is 7.59. The van der Waals surface area contributed by atoms with Crippen molar-refractivity contribution in [3.8, 4) is 17.0 Å². The van der Waals surface area contributed by atoms with Crippen LogP contribution in [-0.4, -0.2) is 46.1 Å². The van der Waals surface area contributed by atoms with Gasteiger partial charge in [0.2, 0.25) is 0 Å². The lowest BCUT2D eigenvalue weighted by Crippen LogP contribution is -2.22. The van der Waals surface area contributed by atoms with Crippen molar-refractivity contribution in [3.05, 3.63) is 60.3 Å². The molecular formula is C26H35N5O2Si. The van der Waals surface area contributed by atoms with Crippen LogP contribution in [0.3, 0.4) is 0 Å². The molecule has 0 spiro atoms. The van der Waals surface area contributed by atoms with Crippen LogP contribution in [-0.2, 0) is 24.4 Å². The van der Waals surface area contributed by atoms with E-state index < -0.39 is 8.07 Å². The van der Waals surface area contributed by atoms with Crippen LogP contribution in [0.1, 0.15) is 24.6 Å². The van der Waals surface area contributed by atoms with Crippen molar-refractivity contribution in [2.75, 3.05) is 13.7 Å². The van der Waals surface area contributed by atoms with Crippen molar-refractivity contribution in [1.82, 2.24) is 24.3 Å². The fraction of sp³-hybridized carbons (Fsp3) is 0.423. The Kier molecular flexibility index (Phi) is 7.48. The predicted molar refractivity (Wildman–Crippen MR) is 139 cm³/mol. The molecule has 7 nitrogen and oxygen atoms in total. The second kappa shape index (κ2) is 10.5. The Balaban J connectivity index is 1.60. The fourth-order valence-electron chi connectivity index (χ4n) is 4.01. The number of benzene rings is 1. The second-order valence-corrected chi connectivity index (χ2v) is 15.5. The van der Waals surface area contributed by atoms with Crippen LogP contribution in [0.5, 0.6) is 5.75 Å². The Morgan fingerprint density at radius 3 is 2.53 bits per heavy atom. The van der Waals surface area contributed by atoms with Gasteiger partial charge in [-0.3, -0.25) is 4.68 Å². The third-order valence-corrected chi connectivity index (χ3v) is 7.67. The number of methoxy groups -OCH3 is 1. The first-order valence-corrected chi connectivity index (χ1v) is 15.7. The Bertz CT molecular complexity index is 1220. The Labute approximate surface area is 202 Å². The topological polar surface area (TPSA) is 67.0 Å². The van der Waals surface area contributed by atoms with Crippen LogP contribution < -0.4 is 4.74 Å². The number of aromatic nitrogens is 5. The fourth-order valence-corrected chi connectivity index (χ4v) is 4.77. The maximum atomic E-state index is 5.97. The highest BCUT2D eigenvalue weighted by Gasteiger charge is 2.18. The highest BCUT2D eigenvalue weighted by Crippen LogP contribution is 2.30. The van der Waals surface area contributed by atoms with Gasteiger partial charge in [-0.2, -0.15) is 5.10 Å². The summed E-state index contributed by atoms with van der Waals surface area (Å²) in [5.74, 6) is 0.857. The molecule has 34 heavy (non-hydrogen) atoms. The summed E-state index contributed by atoms with van der Waals surface area (Å²) in [5.41, 5.74) is 5.26. The average molecular weight is 478 g/mol. The summed E-state index contributed by atoms with van der Waals surface area (Å²) < 4.78 is 15.4. The summed E-state index contributed by atoms with van der Waals surface area (Å²) in [7, 11) is 0.577. The maximum Gasteiger partial charge on any atom is 0.145 e. The predicted octanol–water partition coefficient (Wildman–Crippen LogP) is 5.62. The molecule has 1 aromatic carbocycles. The number of rotatable bonds is 11. The molecule has 3 heterocycles. The van der Waals surface area contributed by atoms with Crippen molar-refractivity contribution >= 4 is 19.1 Å². The van der Waals surface area contributed by atoms with Gasteiger partial charge in [-0.1, -0.05) is 45.1 Å². The Hall–Kier alpha value is -2.97. The van der Waals surface area contributed by atoms with Gasteiger partial charge in [0, 0.05) is 37.5 Å². The molecule has 0 radical (unpaired) electrons. The number of hydrogen-bond acceptors (Lipinski definition) is 5. The van der Waals surface area contributed by atoms with Gasteiger partial charge in [-0.25, -0.2) is 9.97 Å². The quantitative estimate of drug-likeness (QED) is 0.207. The molecule has 0 N–H and O–H groups in total. The molecule has 0 amide bonds. The first kappa shape index (κ1) is 24.2. The van der Waals surface area contributed by atoms with Crippen molar-refractivity contribution in [2.24, 2.45) is 0 Å². The zero-order chi connectivity index (χ0) is 24.1. The third-order valence-electron chi connectivity index (χ3n) is 5.96. The molecule has 0 saturated carbocycles. The van der Waals surface area contributed by atoms with E-state index in [1.165, 1.54) is 11.3 Å². The van der Waals surface area contributed by atoms with Gasteiger partial charge >= 0.3 is 0 Å². The normalized spacial score (nSPS) is 11.9. The average Bonchev–Trinajstić information content (AvgIpc) is 3.41. The largest absolute Gasteiger partial charge is 0.497 e. The van der Waals surface area contributed by atoms with Crippen molar-refractivity contribution in [1.29, 1.82) is 0 Å². The van der Waals surface area contributed by atoms with E-state index >= 15 is 0 Å². The lowest BCUT2D eigenvalue weighted by Gasteiger charge is -2.15. The van der Waals surface area contributed by atoms with Gasteiger partial charge in [-0.05, 0) is 36.2 Å². The van der Waals surface area contributed by atoms with Gasteiger partial charge in [-0.15, -0.1) is 0 Å². The molecule has 0 bridgehead atoms. The number of fused-ring (bicyclic) bond motifs is 1. The summed E-state index contributed by atoms with van der Waals surface area (Å²) in [4.78, 5) is 9.24. The molecular weight excluding hydrogens is 442 g/mol. The van der Waals surface area contributed by atoms with Gasteiger partial charge in [0.1, 0.15) is 24.5 Å².